The fourth-order valence-corrected chi connectivity index (χ4v) is 4.33. The van der Waals surface area contributed by atoms with Crippen LogP contribution in [0.25, 0.3) is 0 Å². The van der Waals surface area contributed by atoms with Crippen molar-refractivity contribution in [2.45, 2.75) is 102 Å². The Bertz CT molecular complexity index is 671. The maximum atomic E-state index is 11.7. The fourth-order valence-electron chi connectivity index (χ4n) is 4.33. The molecule has 3 fully saturated rings. The van der Waals surface area contributed by atoms with E-state index in [1.807, 2.05) is 20.8 Å². The molecular weight excluding hydrogens is 410 g/mol. The van der Waals surface area contributed by atoms with Crippen LogP contribution < -0.4 is 5.32 Å². The highest BCUT2D eigenvalue weighted by Gasteiger charge is 2.55. The lowest BCUT2D eigenvalue weighted by molar-refractivity contribution is -0.186. The SMILES string of the molecule is CCOC(=O)CCC1(C)NC(C2OC(C)(C)OC2C2COC(C)(CCC(=O)O)O2)CO1. The van der Waals surface area contributed by atoms with Crippen LogP contribution in [-0.4, -0.2) is 78.5 Å². The van der Waals surface area contributed by atoms with Crippen molar-refractivity contribution in [2.75, 3.05) is 19.8 Å². The molecule has 10 nitrogen and oxygen atoms in total. The molecule has 0 aromatic rings. The fraction of sp³-hybridized carbons (Fsp3) is 0.905. The summed E-state index contributed by atoms with van der Waals surface area (Å²) in [5.74, 6) is -2.94. The smallest absolute Gasteiger partial charge is 0.305 e. The number of carbonyl (C=O) groups excluding carboxylic acids is 1. The maximum absolute atomic E-state index is 11.7. The molecular formula is C21H35NO9. The van der Waals surface area contributed by atoms with Crippen molar-refractivity contribution in [2.24, 2.45) is 0 Å². The zero-order chi connectivity index (χ0) is 22.9. The summed E-state index contributed by atoms with van der Waals surface area (Å²) in [5.41, 5.74) is -0.679. The van der Waals surface area contributed by atoms with Crippen LogP contribution in [-0.2, 0) is 38.0 Å². The largest absolute Gasteiger partial charge is 0.481 e. The van der Waals surface area contributed by atoms with Crippen LogP contribution >= 0.6 is 0 Å². The van der Waals surface area contributed by atoms with Gasteiger partial charge in [0, 0.05) is 19.3 Å². The summed E-state index contributed by atoms with van der Waals surface area (Å²) in [7, 11) is 0. The van der Waals surface area contributed by atoms with Gasteiger partial charge in [-0.3, -0.25) is 14.9 Å². The van der Waals surface area contributed by atoms with Gasteiger partial charge in [0.05, 0.1) is 32.3 Å². The zero-order valence-corrected chi connectivity index (χ0v) is 19.0. The van der Waals surface area contributed by atoms with Crippen LogP contribution in [0.4, 0.5) is 0 Å². The summed E-state index contributed by atoms with van der Waals surface area (Å²) >= 11 is 0. The second-order valence-corrected chi connectivity index (χ2v) is 9.16. The number of rotatable bonds is 9. The van der Waals surface area contributed by atoms with Gasteiger partial charge in [-0.05, 0) is 34.6 Å². The molecule has 0 amide bonds. The molecule has 3 heterocycles. The average molecular weight is 446 g/mol. The highest BCUT2D eigenvalue weighted by Crippen LogP contribution is 2.39. The topological polar surface area (TPSA) is 122 Å². The molecule has 0 bridgehead atoms. The molecule has 6 atom stereocenters. The Morgan fingerprint density at radius 1 is 1.00 bits per heavy atom. The number of ether oxygens (including phenoxy) is 6. The van der Waals surface area contributed by atoms with E-state index in [0.717, 1.165) is 0 Å². The quantitative estimate of drug-likeness (QED) is 0.506. The second-order valence-electron chi connectivity index (χ2n) is 9.16. The third-order valence-corrected chi connectivity index (χ3v) is 5.86. The molecule has 2 N–H and O–H groups in total. The Kier molecular flexibility index (Phi) is 7.29. The molecule has 6 unspecified atom stereocenters. The molecule has 3 rings (SSSR count). The number of nitrogens with one attached hydrogen (secondary N) is 1. The lowest BCUT2D eigenvalue weighted by atomic mass is 10.0. The van der Waals surface area contributed by atoms with E-state index in [2.05, 4.69) is 5.32 Å². The normalized spacial score (nSPS) is 39.6. The van der Waals surface area contributed by atoms with Crippen molar-refractivity contribution in [3.63, 3.8) is 0 Å². The van der Waals surface area contributed by atoms with Crippen molar-refractivity contribution in [3.05, 3.63) is 0 Å². The number of hydrogen-bond donors (Lipinski definition) is 2. The van der Waals surface area contributed by atoms with Gasteiger partial charge >= 0.3 is 11.9 Å². The lowest BCUT2D eigenvalue weighted by Crippen LogP contribution is -2.52. The molecule has 0 spiro atoms. The molecule has 3 saturated heterocycles. The van der Waals surface area contributed by atoms with Crippen molar-refractivity contribution >= 4 is 11.9 Å². The van der Waals surface area contributed by atoms with Crippen LogP contribution in [0.1, 0.15) is 60.3 Å². The van der Waals surface area contributed by atoms with E-state index < -0.39 is 35.5 Å². The predicted octanol–water partition coefficient (Wildman–Crippen LogP) is 1.55. The van der Waals surface area contributed by atoms with Gasteiger partial charge in [0.1, 0.15) is 24.0 Å². The minimum absolute atomic E-state index is 0.0446. The van der Waals surface area contributed by atoms with Gasteiger partial charge in [0.15, 0.2) is 11.6 Å². The van der Waals surface area contributed by atoms with Gasteiger partial charge in [-0.25, -0.2) is 0 Å². The Labute approximate surface area is 182 Å². The summed E-state index contributed by atoms with van der Waals surface area (Å²) in [6.45, 7) is 10.1. The molecule has 0 aromatic heterocycles. The summed E-state index contributed by atoms with van der Waals surface area (Å²) < 4.78 is 35.3. The van der Waals surface area contributed by atoms with E-state index in [-0.39, 0.29) is 44.0 Å². The molecule has 178 valence electrons. The number of carbonyl (C=O) groups is 2. The Hall–Kier alpha value is -1.30. The molecule has 0 saturated carbocycles. The third kappa shape index (κ3) is 6.15. The second kappa shape index (κ2) is 9.29. The molecule has 0 aromatic carbocycles. The van der Waals surface area contributed by atoms with Gasteiger partial charge in [0.25, 0.3) is 0 Å². The Morgan fingerprint density at radius 2 is 1.71 bits per heavy atom. The lowest BCUT2D eigenvalue weighted by Gasteiger charge is -2.29. The highest BCUT2D eigenvalue weighted by molar-refractivity contribution is 5.69. The van der Waals surface area contributed by atoms with E-state index >= 15 is 0 Å². The number of aliphatic carboxylic acids is 1. The summed E-state index contributed by atoms with van der Waals surface area (Å²) in [5, 5.41) is 12.4. The van der Waals surface area contributed by atoms with Crippen molar-refractivity contribution in [3.8, 4) is 0 Å². The van der Waals surface area contributed by atoms with Gasteiger partial charge in [0.2, 0.25) is 0 Å². The van der Waals surface area contributed by atoms with Gasteiger partial charge in [-0.15, -0.1) is 0 Å². The number of carboxylic acid groups (broad SMARTS) is 1. The predicted molar refractivity (Wildman–Crippen MR) is 107 cm³/mol. The first kappa shape index (κ1) is 24.3. The van der Waals surface area contributed by atoms with E-state index in [4.69, 9.17) is 33.5 Å². The van der Waals surface area contributed by atoms with Crippen LogP contribution in [0.15, 0.2) is 0 Å². The van der Waals surface area contributed by atoms with E-state index in [9.17, 15) is 9.59 Å². The van der Waals surface area contributed by atoms with Crippen LogP contribution in [0.3, 0.4) is 0 Å². The van der Waals surface area contributed by atoms with Crippen LogP contribution in [0.5, 0.6) is 0 Å². The van der Waals surface area contributed by atoms with E-state index in [1.54, 1.807) is 13.8 Å². The molecule has 0 radical (unpaired) electrons. The van der Waals surface area contributed by atoms with Gasteiger partial charge in [-0.1, -0.05) is 0 Å². The summed E-state index contributed by atoms with van der Waals surface area (Å²) in [6.07, 6.45) is -0.263. The minimum Gasteiger partial charge on any atom is -0.481 e. The third-order valence-electron chi connectivity index (χ3n) is 5.86. The van der Waals surface area contributed by atoms with Crippen LogP contribution in [0.2, 0.25) is 0 Å². The van der Waals surface area contributed by atoms with E-state index in [0.29, 0.717) is 19.6 Å². The van der Waals surface area contributed by atoms with Crippen molar-refractivity contribution in [1.29, 1.82) is 0 Å². The van der Waals surface area contributed by atoms with Crippen molar-refractivity contribution < 1.29 is 43.1 Å². The summed E-state index contributed by atoms with van der Waals surface area (Å²) in [4.78, 5) is 22.7. The molecule has 3 aliphatic rings. The zero-order valence-electron chi connectivity index (χ0n) is 19.0. The van der Waals surface area contributed by atoms with Gasteiger partial charge in [-0.2, -0.15) is 0 Å². The van der Waals surface area contributed by atoms with Crippen LogP contribution in [0, 0.1) is 0 Å². The number of esters is 1. The summed E-state index contributed by atoms with van der Waals surface area (Å²) in [6, 6.07) is -0.173. The van der Waals surface area contributed by atoms with Gasteiger partial charge < -0.3 is 33.5 Å². The Morgan fingerprint density at radius 3 is 2.39 bits per heavy atom. The molecule has 0 aliphatic carbocycles. The maximum Gasteiger partial charge on any atom is 0.305 e. The first-order valence-corrected chi connectivity index (χ1v) is 10.9. The first-order valence-electron chi connectivity index (χ1n) is 10.9. The highest BCUT2D eigenvalue weighted by atomic mass is 16.8. The first-order chi connectivity index (χ1) is 14.4. The number of hydrogen-bond acceptors (Lipinski definition) is 9. The average Bonchev–Trinajstić information content (AvgIpc) is 3.35. The molecule has 3 aliphatic heterocycles. The van der Waals surface area contributed by atoms with E-state index in [1.165, 1.54) is 0 Å². The molecule has 31 heavy (non-hydrogen) atoms. The standard InChI is InChI=1S/C21H35NO9/c1-6-26-16(25)8-9-20(4)22-13(11-27-20)17-18(31-19(2,3)30-17)14-12-28-21(5,29-14)10-7-15(23)24/h13-14,17-18,22H,6-12H2,1-5H3,(H,23,24). The Balaban J connectivity index is 1.62. The monoisotopic (exact) mass is 445 g/mol. The minimum atomic E-state index is -0.975. The van der Waals surface area contributed by atoms with Crippen molar-refractivity contribution in [1.82, 2.24) is 5.32 Å². The number of carboxylic acids is 1. The molecule has 10 heteroatoms.